The van der Waals surface area contributed by atoms with Crippen LogP contribution in [0.1, 0.15) is 36.8 Å². The average Bonchev–Trinajstić information content (AvgIpc) is 2.27. The number of halogens is 3. The van der Waals surface area contributed by atoms with Gasteiger partial charge >= 0.3 is 6.18 Å². The van der Waals surface area contributed by atoms with Crippen LogP contribution < -0.4 is 0 Å². The molecular formula is C10H13F3S. The van der Waals surface area contributed by atoms with Gasteiger partial charge in [-0.25, -0.2) is 0 Å². The maximum atomic E-state index is 12.6. The van der Waals surface area contributed by atoms with Crippen LogP contribution in [0.15, 0.2) is 5.38 Å². The van der Waals surface area contributed by atoms with E-state index in [4.69, 9.17) is 0 Å². The molecule has 0 radical (unpaired) electrons. The molecule has 80 valence electrons. The van der Waals surface area contributed by atoms with Gasteiger partial charge in [-0.05, 0) is 17.9 Å². The zero-order chi connectivity index (χ0) is 11.1. The third-order valence-electron chi connectivity index (χ3n) is 2.03. The molecule has 0 amide bonds. The summed E-state index contributed by atoms with van der Waals surface area (Å²) in [7, 11) is 0. The van der Waals surface area contributed by atoms with Gasteiger partial charge in [0.25, 0.3) is 0 Å². The predicted molar refractivity (Wildman–Crippen MR) is 52.8 cm³/mol. The molecule has 1 rings (SSSR count). The SMILES string of the molecule is Cc1scc(C(F)(F)F)c1C(C)(C)C. The lowest BCUT2D eigenvalue weighted by Gasteiger charge is -2.22. The van der Waals surface area contributed by atoms with E-state index in [0.29, 0.717) is 5.56 Å². The van der Waals surface area contributed by atoms with E-state index < -0.39 is 17.2 Å². The molecule has 0 saturated heterocycles. The standard InChI is InChI=1S/C10H13F3S/c1-6-8(9(2,3)4)7(5-14-6)10(11,12)13/h5H,1-4H3. The number of hydrogen-bond acceptors (Lipinski definition) is 1. The fourth-order valence-electron chi connectivity index (χ4n) is 1.60. The number of aryl methyl sites for hydroxylation is 1. The summed E-state index contributed by atoms with van der Waals surface area (Å²) in [6.07, 6.45) is -4.23. The maximum Gasteiger partial charge on any atom is 0.417 e. The predicted octanol–water partition coefficient (Wildman–Crippen LogP) is 4.37. The lowest BCUT2D eigenvalue weighted by molar-refractivity contribution is -0.138. The summed E-state index contributed by atoms with van der Waals surface area (Å²) in [4.78, 5) is 0.754. The Morgan fingerprint density at radius 3 is 1.93 bits per heavy atom. The molecule has 1 aromatic rings. The highest BCUT2D eigenvalue weighted by molar-refractivity contribution is 7.10. The van der Waals surface area contributed by atoms with E-state index in [1.165, 1.54) is 5.38 Å². The zero-order valence-corrected chi connectivity index (χ0v) is 9.44. The molecule has 1 aromatic heterocycles. The normalized spacial score (nSPS) is 13.4. The summed E-state index contributed by atoms with van der Waals surface area (Å²) in [5, 5.41) is 1.20. The first kappa shape index (κ1) is 11.6. The van der Waals surface area contributed by atoms with Gasteiger partial charge < -0.3 is 0 Å². The van der Waals surface area contributed by atoms with Crippen molar-refractivity contribution in [2.75, 3.05) is 0 Å². The average molecular weight is 222 g/mol. The molecule has 0 aliphatic heterocycles. The second kappa shape index (κ2) is 3.26. The Morgan fingerprint density at radius 2 is 1.64 bits per heavy atom. The molecule has 0 fully saturated rings. The lowest BCUT2D eigenvalue weighted by Crippen LogP contribution is -2.18. The largest absolute Gasteiger partial charge is 0.417 e. The van der Waals surface area contributed by atoms with Gasteiger partial charge in [0.15, 0.2) is 0 Å². The van der Waals surface area contributed by atoms with Crippen LogP contribution in [0.3, 0.4) is 0 Å². The van der Waals surface area contributed by atoms with Crippen molar-refractivity contribution in [3.8, 4) is 0 Å². The number of alkyl halides is 3. The number of hydrogen-bond donors (Lipinski definition) is 0. The molecule has 0 saturated carbocycles. The van der Waals surface area contributed by atoms with Crippen molar-refractivity contribution in [3.63, 3.8) is 0 Å². The van der Waals surface area contributed by atoms with Gasteiger partial charge in [0.2, 0.25) is 0 Å². The van der Waals surface area contributed by atoms with Crippen molar-refractivity contribution in [3.05, 3.63) is 21.4 Å². The van der Waals surface area contributed by atoms with Gasteiger partial charge in [0, 0.05) is 10.3 Å². The second-order valence-electron chi connectivity index (χ2n) is 4.33. The second-order valence-corrected chi connectivity index (χ2v) is 5.41. The fraction of sp³-hybridized carbons (Fsp3) is 0.600. The van der Waals surface area contributed by atoms with Crippen molar-refractivity contribution in [1.82, 2.24) is 0 Å². The Bertz CT molecular complexity index is 328. The first-order chi connectivity index (χ1) is 6.14. The molecule has 0 unspecified atom stereocenters. The summed E-state index contributed by atoms with van der Waals surface area (Å²) >= 11 is 1.16. The topological polar surface area (TPSA) is 0 Å². The van der Waals surface area contributed by atoms with E-state index in [1.54, 1.807) is 27.7 Å². The van der Waals surface area contributed by atoms with E-state index in [9.17, 15) is 13.2 Å². The first-order valence-corrected chi connectivity index (χ1v) is 5.18. The minimum atomic E-state index is -4.23. The molecule has 0 aromatic carbocycles. The molecular weight excluding hydrogens is 209 g/mol. The number of thiophene rings is 1. The molecule has 0 nitrogen and oxygen atoms in total. The Kier molecular flexibility index (Phi) is 2.69. The van der Waals surface area contributed by atoms with Crippen molar-refractivity contribution in [2.45, 2.75) is 39.3 Å². The molecule has 0 atom stereocenters. The van der Waals surface area contributed by atoms with E-state index in [1.807, 2.05) is 0 Å². The minimum absolute atomic E-state index is 0.426. The monoisotopic (exact) mass is 222 g/mol. The molecule has 0 N–H and O–H groups in total. The highest BCUT2D eigenvalue weighted by atomic mass is 32.1. The van der Waals surface area contributed by atoms with E-state index in [0.717, 1.165) is 16.2 Å². The summed E-state index contributed by atoms with van der Waals surface area (Å²) in [6.45, 7) is 7.15. The molecule has 0 aliphatic rings. The molecule has 0 spiro atoms. The molecule has 4 heteroatoms. The van der Waals surface area contributed by atoms with Crippen LogP contribution in [-0.4, -0.2) is 0 Å². The summed E-state index contributed by atoms with van der Waals surface area (Å²) in [5.41, 5.74) is -0.503. The van der Waals surface area contributed by atoms with Crippen molar-refractivity contribution in [1.29, 1.82) is 0 Å². The Labute approximate surface area is 85.8 Å². The van der Waals surface area contributed by atoms with E-state index in [2.05, 4.69) is 0 Å². The van der Waals surface area contributed by atoms with Crippen molar-refractivity contribution >= 4 is 11.3 Å². The quantitative estimate of drug-likeness (QED) is 0.611. The highest BCUT2D eigenvalue weighted by Gasteiger charge is 2.38. The summed E-state index contributed by atoms with van der Waals surface area (Å²) in [6, 6.07) is 0. The Morgan fingerprint density at radius 1 is 1.14 bits per heavy atom. The van der Waals surface area contributed by atoms with Gasteiger partial charge in [-0.3, -0.25) is 0 Å². The Balaban J connectivity index is 3.35. The van der Waals surface area contributed by atoms with Crippen molar-refractivity contribution in [2.24, 2.45) is 0 Å². The minimum Gasteiger partial charge on any atom is -0.166 e. The summed E-state index contributed by atoms with van der Waals surface area (Å²) < 4.78 is 37.8. The van der Waals surface area contributed by atoms with Crippen LogP contribution in [0.5, 0.6) is 0 Å². The van der Waals surface area contributed by atoms with Gasteiger partial charge in [-0.1, -0.05) is 20.8 Å². The lowest BCUT2D eigenvalue weighted by atomic mass is 9.84. The smallest absolute Gasteiger partial charge is 0.166 e. The Hall–Kier alpha value is -0.510. The van der Waals surface area contributed by atoms with Gasteiger partial charge in [-0.2, -0.15) is 13.2 Å². The van der Waals surface area contributed by atoms with Crippen LogP contribution >= 0.6 is 11.3 Å². The van der Waals surface area contributed by atoms with Crippen LogP contribution in [0, 0.1) is 6.92 Å². The first-order valence-electron chi connectivity index (χ1n) is 4.30. The number of rotatable bonds is 0. The molecule has 1 heterocycles. The highest BCUT2D eigenvalue weighted by Crippen LogP contribution is 2.41. The van der Waals surface area contributed by atoms with Crippen molar-refractivity contribution < 1.29 is 13.2 Å². The van der Waals surface area contributed by atoms with Crippen LogP contribution in [0.2, 0.25) is 0 Å². The molecule has 14 heavy (non-hydrogen) atoms. The van der Waals surface area contributed by atoms with Gasteiger partial charge in [0.05, 0.1) is 5.56 Å². The van der Waals surface area contributed by atoms with Crippen LogP contribution in [0.25, 0.3) is 0 Å². The fourth-order valence-corrected chi connectivity index (χ4v) is 2.68. The maximum absolute atomic E-state index is 12.6. The third-order valence-corrected chi connectivity index (χ3v) is 2.94. The van der Waals surface area contributed by atoms with Gasteiger partial charge in [-0.15, -0.1) is 11.3 Å². The van der Waals surface area contributed by atoms with E-state index in [-0.39, 0.29) is 0 Å². The molecule has 0 bridgehead atoms. The molecule has 0 aliphatic carbocycles. The van der Waals surface area contributed by atoms with Crippen LogP contribution in [-0.2, 0) is 11.6 Å². The van der Waals surface area contributed by atoms with Gasteiger partial charge in [0.1, 0.15) is 0 Å². The van der Waals surface area contributed by atoms with E-state index >= 15 is 0 Å². The zero-order valence-electron chi connectivity index (χ0n) is 8.62. The third kappa shape index (κ3) is 2.11. The van der Waals surface area contributed by atoms with Crippen LogP contribution in [0.4, 0.5) is 13.2 Å². The summed E-state index contributed by atoms with van der Waals surface area (Å²) in [5.74, 6) is 0.